The molecule has 0 heterocycles. The first-order valence-electron chi connectivity index (χ1n) is 8.06. The summed E-state index contributed by atoms with van der Waals surface area (Å²) >= 11 is 0. The molecule has 0 aliphatic carbocycles. The van der Waals surface area contributed by atoms with Crippen molar-refractivity contribution in [2.45, 2.75) is 39.4 Å². The zero-order chi connectivity index (χ0) is 19.2. The monoisotopic (exact) mass is 359 g/mol. The number of halogens is 3. The molecule has 0 aliphatic rings. The van der Waals surface area contributed by atoms with Gasteiger partial charge in [0.15, 0.2) is 0 Å². The van der Waals surface area contributed by atoms with Gasteiger partial charge in [0.2, 0.25) is 11.8 Å². The summed E-state index contributed by atoms with van der Waals surface area (Å²) in [5.41, 5.74) is 4.56. The molecule has 0 spiro atoms. The third-order valence-electron chi connectivity index (χ3n) is 3.58. The Morgan fingerprint density at radius 2 is 1.84 bits per heavy atom. The Balaban J connectivity index is 2.80. The van der Waals surface area contributed by atoms with Gasteiger partial charge in [0.1, 0.15) is 0 Å². The van der Waals surface area contributed by atoms with Crippen LogP contribution in [-0.2, 0) is 15.8 Å². The SMILES string of the molecule is CCN(CC(=O)Nc1ccccc1C(F)(F)F)C(=O)[C@@H](N)CC(C)C. The number of nitrogens with two attached hydrogens (primary N) is 1. The summed E-state index contributed by atoms with van der Waals surface area (Å²) in [6.07, 6.45) is -4.11. The molecule has 0 saturated carbocycles. The van der Waals surface area contributed by atoms with Crippen molar-refractivity contribution in [1.29, 1.82) is 0 Å². The van der Waals surface area contributed by atoms with Crippen LogP contribution in [0.4, 0.5) is 18.9 Å². The number of likely N-dealkylation sites (N-methyl/N-ethyl adjacent to an activating group) is 1. The number of para-hydroxylation sites is 1. The predicted molar refractivity (Wildman–Crippen MR) is 89.8 cm³/mol. The Hall–Kier alpha value is -2.09. The molecule has 0 fully saturated rings. The second-order valence-electron chi connectivity index (χ2n) is 6.18. The number of nitrogens with zero attached hydrogens (tertiary/aromatic N) is 1. The van der Waals surface area contributed by atoms with E-state index in [0.29, 0.717) is 6.42 Å². The molecule has 3 N–H and O–H groups in total. The van der Waals surface area contributed by atoms with Crippen molar-refractivity contribution in [1.82, 2.24) is 4.90 Å². The number of hydrogen-bond donors (Lipinski definition) is 2. The standard InChI is InChI=1S/C17H24F3N3O2/c1-4-23(16(25)13(21)9-11(2)3)10-15(24)22-14-8-6-5-7-12(14)17(18,19)20/h5-8,11,13H,4,9-10,21H2,1-3H3,(H,22,24)/t13-/m0/s1. The summed E-state index contributed by atoms with van der Waals surface area (Å²) < 4.78 is 38.9. The lowest BCUT2D eigenvalue weighted by Gasteiger charge is -2.25. The van der Waals surface area contributed by atoms with Gasteiger partial charge in [0.05, 0.1) is 23.8 Å². The lowest BCUT2D eigenvalue weighted by atomic mass is 10.0. The average Bonchev–Trinajstić information content (AvgIpc) is 2.50. The van der Waals surface area contributed by atoms with E-state index in [9.17, 15) is 22.8 Å². The molecule has 0 saturated heterocycles. The molecule has 1 aromatic carbocycles. The van der Waals surface area contributed by atoms with E-state index in [4.69, 9.17) is 5.73 Å². The van der Waals surface area contributed by atoms with Gasteiger partial charge >= 0.3 is 6.18 Å². The van der Waals surface area contributed by atoms with E-state index in [1.54, 1.807) is 6.92 Å². The number of carbonyl (C=O) groups excluding carboxylic acids is 2. The van der Waals surface area contributed by atoms with Gasteiger partial charge < -0.3 is 16.0 Å². The normalized spacial score (nSPS) is 12.8. The maximum atomic E-state index is 13.0. The van der Waals surface area contributed by atoms with E-state index in [1.807, 2.05) is 13.8 Å². The van der Waals surface area contributed by atoms with E-state index >= 15 is 0 Å². The number of anilines is 1. The molecule has 1 rings (SSSR count). The third kappa shape index (κ3) is 6.38. The van der Waals surface area contributed by atoms with Crippen molar-refractivity contribution in [3.63, 3.8) is 0 Å². The molecule has 8 heteroatoms. The predicted octanol–water partition coefficient (Wildman–Crippen LogP) is 2.87. The van der Waals surface area contributed by atoms with Gasteiger partial charge in [-0.15, -0.1) is 0 Å². The molecule has 0 aromatic heterocycles. The molecule has 0 bridgehead atoms. The summed E-state index contributed by atoms with van der Waals surface area (Å²) in [4.78, 5) is 25.6. The van der Waals surface area contributed by atoms with Gasteiger partial charge in [-0.3, -0.25) is 9.59 Å². The Labute approximate surface area is 145 Å². The molecule has 0 radical (unpaired) electrons. The van der Waals surface area contributed by atoms with Crippen LogP contribution in [0.3, 0.4) is 0 Å². The van der Waals surface area contributed by atoms with Crippen molar-refractivity contribution < 1.29 is 22.8 Å². The second-order valence-corrected chi connectivity index (χ2v) is 6.18. The van der Waals surface area contributed by atoms with Crippen LogP contribution in [0.5, 0.6) is 0 Å². The minimum absolute atomic E-state index is 0.213. The molecule has 25 heavy (non-hydrogen) atoms. The summed E-state index contributed by atoms with van der Waals surface area (Å²) in [5.74, 6) is -0.885. The van der Waals surface area contributed by atoms with Crippen LogP contribution >= 0.6 is 0 Å². The maximum absolute atomic E-state index is 13.0. The van der Waals surface area contributed by atoms with Crippen molar-refractivity contribution in [2.75, 3.05) is 18.4 Å². The van der Waals surface area contributed by atoms with Gasteiger partial charge in [0, 0.05) is 6.54 Å². The fourth-order valence-corrected chi connectivity index (χ4v) is 2.39. The smallest absolute Gasteiger partial charge is 0.332 e. The van der Waals surface area contributed by atoms with Crippen LogP contribution in [0.25, 0.3) is 0 Å². The molecule has 1 atom stereocenters. The first kappa shape index (κ1) is 21.0. The lowest BCUT2D eigenvalue weighted by Crippen LogP contribution is -2.47. The van der Waals surface area contributed by atoms with Crippen LogP contribution in [0.15, 0.2) is 24.3 Å². The zero-order valence-electron chi connectivity index (χ0n) is 14.6. The first-order valence-corrected chi connectivity index (χ1v) is 8.06. The van der Waals surface area contributed by atoms with Gasteiger partial charge in [-0.25, -0.2) is 0 Å². The number of benzene rings is 1. The highest BCUT2D eigenvalue weighted by Crippen LogP contribution is 2.34. The third-order valence-corrected chi connectivity index (χ3v) is 3.58. The van der Waals surface area contributed by atoms with Crippen LogP contribution < -0.4 is 11.1 Å². The highest BCUT2D eigenvalue weighted by Gasteiger charge is 2.33. The molecule has 2 amide bonds. The first-order chi connectivity index (χ1) is 11.6. The molecular weight excluding hydrogens is 335 g/mol. The summed E-state index contributed by atoms with van der Waals surface area (Å²) in [7, 11) is 0. The second kappa shape index (κ2) is 8.84. The number of hydrogen-bond acceptors (Lipinski definition) is 3. The lowest BCUT2D eigenvalue weighted by molar-refractivity contribution is -0.137. The van der Waals surface area contributed by atoms with E-state index in [2.05, 4.69) is 5.32 Å². The summed E-state index contributed by atoms with van der Waals surface area (Å²) in [5, 5.41) is 2.22. The fraction of sp³-hybridized carbons (Fsp3) is 0.529. The number of amides is 2. The number of rotatable bonds is 7. The topological polar surface area (TPSA) is 75.4 Å². The minimum Gasteiger partial charge on any atom is -0.332 e. The highest BCUT2D eigenvalue weighted by atomic mass is 19.4. The van der Waals surface area contributed by atoms with Crippen LogP contribution in [0.1, 0.15) is 32.8 Å². The van der Waals surface area contributed by atoms with Crippen molar-refractivity contribution in [3.8, 4) is 0 Å². The quantitative estimate of drug-likeness (QED) is 0.786. The number of carbonyl (C=O) groups is 2. The molecule has 140 valence electrons. The number of alkyl halides is 3. The van der Waals surface area contributed by atoms with E-state index in [-0.39, 0.29) is 24.7 Å². The van der Waals surface area contributed by atoms with Crippen molar-refractivity contribution in [2.24, 2.45) is 11.7 Å². The van der Waals surface area contributed by atoms with E-state index < -0.39 is 29.6 Å². The summed E-state index contributed by atoms with van der Waals surface area (Å²) in [6, 6.07) is 3.95. The van der Waals surface area contributed by atoms with Crippen LogP contribution in [-0.4, -0.2) is 35.8 Å². The van der Waals surface area contributed by atoms with Gasteiger partial charge in [-0.1, -0.05) is 26.0 Å². The van der Waals surface area contributed by atoms with Crippen molar-refractivity contribution >= 4 is 17.5 Å². The Bertz CT molecular complexity index is 603. The fourth-order valence-electron chi connectivity index (χ4n) is 2.39. The van der Waals surface area contributed by atoms with Gasteiger partial charge in [0.25, 0.3) is 0 Å². The van der Waals surface area contributed by atoms with E-state index in [0.717, 1.165) is 6.07 Å². The largest absolute Gasteiger partial charge is 0.418 e. The van der Waals surface area contributed by atoms with E-state index in [1.165, 1.54) is 23.1 Å². The molecule has 0 aliphatic heterocycles. The van der Waals surface area contributed by atoms with Gasteiger partial charge in [-0.05, 0) is 31.4 Å². The molecular formula is C17H24F3N3O2. The summed E-state index contributed by atoms with van der Waals surface area (Å²) in [6.45, 7) is 5.40. The molecule has 0 unspecified atom stereocenters. The molecule has 1 aromatic rings. The van der Waals surface area contributed by atoms with Crippen LogP contribution in [0.2, 0.25) is 0 Å². The minimum atomic E-state index is -4.58. The zero-order valence-corrected chi connectivity index (χ0v) is 14.6. The Morgan fingerprint density at radius 1 is 1.24 bits per heavy atom. The van der Waals surface area contributed by atoms with Crippen molar-refractivity contribution in [3.05, 3.63) is 29.8 Å². The van der Waals surface area contributed by atoms with Gasteiger partial charge in [-0.2, -0.15) is 13.2 Å². The van der Waals surface area contributed by atoms with Crippen LogP contribution in [0, 0.1) is 5.92 Å². The Kier molecular flexibility index (Phi) is 7.41. The molecule has 5 nitrogen and oxygen atoms in total. The number of nitrogens with one attached hydrogen (secondary N) is 1. The Morgan fingerprint density at radius 3 is 2.36 bits per heavy atom. The maximum Gasteiger partial charge on any atom is 0.418 e. The average molecular weight is 359 g/mol. The highest BCUT2D eigenvalue weighted by molar-refractivity contribution is 5.95.